The first-order valence-corrected chi connectivity index (χ1v) is 17.4. The average molecular weight is 625 g/mol. The van der Waals surface area contributed by atoms with E-state index in [1.807, 2.05) is 0 Å². The molecule has 238 valence electrons. The van der Waals surface area contributed by atoms with Crippen molar-refractivity contribution in [3.05, 3.63) is 159 Å². The van der Waals surface area contributed by atoms with Gasteiger partial charge in [-0.3, -0.25) is 0 Å². The van der Waals surface area contributed by atoms with E-state index in [1.165, 1.54) is 94.2 Å². The van der Waals surface area contributed by atoms with Gasteiger partial charge in [-0.1, -0.05) is 78.9 Å². The molecule has 1 atom stereocenters. The molecule has 2 heteroatoms. The van der Waals surface area contributed by atoms with E-state index in [2.05, 4.69) is 167 Å². The van der Waals surface area contributed by atoms with Crippen molar-refractivity contribution in [2.45, 2.75) is 66.8 Å². The highest BCUT2D eigenvalue weighted by atomic mass is 15.2. The van der Waals surface area contributed by atoms with Crippen LogP contribution < -0.4 is 15.0 Å². The van der Waals surface area contributed by atoms with Crippen LogP contribution >= 0.6 is 0 Å². The zero-order chi connectivity index (χ0) is 33.1. The molecule has 0 aliphatic heterocycles. The highest BCUT2D eigenvalue weighted by molar-refractivity contribution is 6.17. The molecule has 6 aromatic rings. The van der Waals surface area contributed by atoms with E-state index in [0.717, 1.165) is 19.3 Å². The predicted molar refractivity (Wildman–Crippen MR) is 207 cm³/mol. The zero-order valence-corrected chi connectivity index (χ0v) is 29.1. The molecule has 0 aromatic heterocycles. The SMILES string of the molecule is CC1=C(N(c2cc(C)cc(C)c2)c2ccc3ccc4c5c(ccc2c35)=CCC4N(c2cc(C)cc(C)c2)c2ccccc2C)CCC=C1. The van der Waals surface area contributed by atoms with Gasteiger partial charge in [0, 0.05) is 28.1 Å². The Labute approximate surface area is 285 Å². The summed E-state index contributed by atoms with van der Waals surface area (Å²) in [6.07, 6.45) is 10.1. The van der Waals surface area contributed by atoms with E-state index in [9.17, 15) is 0 Å². The second kappa shape index (κ2) is 11.9. The van der Waals surface area contributed by atoms with Gasteiger partial charge in [0.15, 0.2) is 0 Å². The van der Waals surface area contributed by atoms with Crippen molar-refractivity contribution in [2.75, 3.05) is 9.80 Å². The van der Waals surface area contributed by atoms with Gasteiger partial charge in [0.1, 0.15) is 0 Å². The number of aryl methyl sites for hydroxylation is 5. The zero-order valence-electron chi connectivity index (χ0n) is 29.1. The van der Waals surface area contributed by atoms with Gasteiger partial charge in [-0.05, 0) is 158 Å². The van der Waals surface area contributed by atoms with Crippen LogP contribution in [0.3, 0.4) is 0 Å². The van der Waals surface area contributed by atoms with Crippen LogP contribution in [0.1, 0.15) is 65.6 Å². The van der Waals surface area contributed by atoms with E-state index in [0.29, 0.717) is 0 Å². The summed E-state index contributed by atoms with van der Waals surface area (Å²) >= 11 is 0. The molecule has 0 bridgehead atoms. The van der Waals surface area contributed by atoms with Gasteiger partial charge >= 0.3 is 0 Å². The highest BCUT2D eigenvalue weighted by Crippen LogP contribution is 2.46. The molecule has 48 heavy (non-hydrogen) atoms. The van der Waals surface area contributed by atoms with Crippen LogP contribution in [0.5, 0.6) is 0 Å². The van der Waals surface area contributed by atoms with Crippen molar-refractivity contribution in [3.8, 4) is 0 Å². The number of para-hydroxylation sites is 1. The molecule has 2 aliphatic rings. The van der Waals surface area contributed by atoms with Crippen molar-refractivity contribution in [1.82, 2.24) is 0 Å². The Morgan fingerprint density at radius 2 is 1.31 bits per heavy atom. The predicted octanol–water partition coefficient (Wildman–Crippen LogP) is 12.1. The Morgan fingerprint density at radius 1 is 0.625 bits per heavy atom. The molecule has 1 unspecified atom stereocenters. The van der Waals surface area contributed by atoms with Crippen LogP contribution in [0.4, 0.5) is 22.7 Å². The van der Waals surface area contributed by atoms with Crippen LogP contribution in [0.15, 0.2) is 120 Å². The standard InChI is InChI=1S/C46H44N2/c1-29-23-30(2)26-37(25-29)47(41-13-9-7-11-33(41)5)43-21-17-35-16-20-40-44(22-18-36-15-19-39(43)45(35)46(36)40)48(42-14-10-8-12-34(42)6)38-27-31(3)24-32(4)28-38/h7-9,11-13,15-20,22-28,43H,10,14,21H2,1-6H3. The Hall–Kier alpha value is -5.08. The monoisotopic (exact) mass is 624 g/mol. The number of rotatable bonds is 6. The van der Waals surface area contributed by atoms with Gasteiger partial charge in [-0.2, -0.15) is 0 Å². The Bertz CT molecular complexity index is 2310. The third-order valence-corrected chi connectivity index (χ3v) is 10.4. The Morgan fingerprint density at radius 3 is 2.02 bits per heavy atom. The van der Waals surface area contributed by atoms with Gasteiger partial charge in [0.2, 0.25) is 0 Å². The van der Waals surface area contributed by atoms with Crippen molar-refractivity contribution < 1.29 is 0 Å². The number of benzene rings is 6. The summed E-state index contributed by atoms with van der Waals surface area (Å²) in [4.78, 5) is 5.16. The summed E-state index contributed by atoms with van der Waals surface area (Å²) in [5, 5.41) is 6.71. The van der Waals surface area contributed by atoms with Crippen LogP contribution in [0, 0.1) is 34.6 Å². The lowest BCUT2D eigenvalue weighted by Gasteiger charge is -2.37. The van der Waals surface area contributed by atoms with Crippen molar-refractivity contribution >= 4 is 50.4 Å². The summed E-state index contributed by atoms with van der Waals surface area (Å²) < 4.78 is 0. The summed E-state index contributed by atoms with van der Waals surface area (Å²) in [7, 11) is 0. The van der Waals surface area contributed by atoms with Crippen LogP contribution in [-0.4, -0.2) is 0 Å². The van der Waals surface area contributed by atoms with Gasteiger partial charge in [0.05, 0.1) is 11.7 Å². The fourth-order valence-corrected chi connectivity index (χ4v) is 8.43. The van der Waals surface area contributed by atoms with E-state index < -0.39 is 0 Å². The van der Waals surface area contributed by atoms with Gasteiger partial charge in [-0.15, -0.1) is 0 Å². The summed E-state index contributed by atoms with van der Waals surface area (Å²) in [6, 6.07) is 37.2. The number of allylic oxidation sites excluding steroid dienone is 4. The van der Waals surface area contributed by atoms with Crippen LogP contribution in [0.25, 0.3) is 27.6 Å². The molecule has 0 saturated heterocycles. The maximum Gasteiger partial charge on any atom is 0.0632 e. The van der Waals surface area contributed by atoms with Crippen molar-refractivity contribution in [3.63, 3.8) is 0 Å². The van der Waals surface area contributed by atoms with E-state index in [4.69, 9.17) is 0 Å². The third kappa shape index (κ3) is 5.11. The van der Waals surface area contributed by atoms with E-state index >= 15 is 0 Å². The molecule has 2 aliphatic carbocycles. The lowest BCUT2D eigenvalue weighted by atomic mass is 9.85. The minimum atomic E-state index is 0.169. The smallest absolute Gasteiger partial charge is 0.0632 e. The van der Waals surface area contributed by atoms with Crippen molar-refractivity contribution in [1.29, 1.82) is 0 Å². The number of hydrogen-bond acceptors (Lipinski definition) is 2. The first kappa shape index (κ1) is 30.3. The summed E-state index contributed by atoms with van der Waals surface area (Å²) in [5.74, 6) is 0. The molecule has 0 fully saturated rings. The largest absolute Gasteiger partial charge is 0.333 e. The molecule has 0 amide bonds. The maximum atomic E-state index is 2.60. The average Bonchev–Trinajstić information content (AvgIpc) is 3.06. The first-order valence-electron chi connectivity index (χ1n) is 17.4. The summed E-state index contributed by atoms with van der Waals surface area (Å²) in [5.41, 5.74) is 15.6. The Balaban J connectivity index is 1.39. The van der Waals surface area contributed by atoms with E-state index in [-0.39, 0.29) is 6.04 Å². The highest BCUT2D eigenvalue weighted by Gasteiger charge is 2.29. The molecule has 8 rings (SSSR count). The number of hydrogen-bond donors (Lipinski definition) is 0. The molecule has 0 N–H and O–H groups in total. The topological polar surface area (TPSA) is 6.48 Å². The number of nitrogens with zero attached hydrogens (tertiary/aromatic N) is 2. The minimum Gasteiger partial charge on any atom is -0.333 e. The number of anilines is 4. The molecular weight excluding hydrogens is 581 g/mol. The molecular formula is C46H44N2. The molecule has 0 saturated carbocycles. The van der Waals surface area contributed by atoms with Crippen LogP contribution in [-0.2, 0) is 0 Å². The Kier molecular flexibility index (Phi) is 7.48. The molecule has 6 aromatic carbocycles. The van der Waals surface area contributed by atoms with E-state index in [1.54, 1.807) is 0 Å². The first-order chi connectivity index (χ1) is 23.3. The second-order valence-electron chi connectivity index (χ2n) is 14.1. The second-order valence-corrected chi connectivity index (χ2v) is 14.1. The molecule has 0 radical (unpaired) electrons. The van der Waals surface area contributed by atoms with Crippen LogP contribution in [0.2, 0.25) is 0 Å². The van der Waals surface area contributed by atoms with Gasteiger partial charge in [-0.25, -0.2) is 0 Å². The normalized spacial score (nSPS) is 15.7. The van der Waals surface area contributed by atoms with Crippen molar-refractivity contribution in [2.24, 2.45) is 0 Å². The summed E-state index contributed by atoms with van der Waals surface area (Å²) in [6.45, 7) is 13.4. The lowest BCUT2D eigenvalue weighted by Crippen LogP contribution is -2.28. The van der Waals surface area contributed by atoms with Gasteiger partial charge < -0.3 is 9.80 Å². The fourth-order valence-electron chi connectivity index (χ4n) is 8.43. The lowest BCUT2D eigenvalue weighted by molar-refractivity contribution is 0.723. The maximum absolute atomic E-state index is 2.60. The fraction of sp³-hybridized carbons (Fsp3) is 0.217. The van der Waals surface area contributed by atoms with Gasteiger partial charge in [0.25, 0.3) is 0 Å². The quantitative estimate of drug-likeness (QED) is 0.182. The molecule has 2 nitrogen and oxygen atoms in total. The molecule has 0 spiro atoms. The third-order valence-electron chi connectivity index (χ3n) is 10.4. The molecule has 0 heterocycles. The minimum absolute atomic E-state index is 0.169.